The average molecular weight is 541 g/mol. The molecule has 1 atom stereocenters. The van der Waals surface area contributed by atoms with Gasteiger partial charge in [-0.1, -0.05) is 43.0 Å². The Morgan fingerprint density at radius 2 is 1.63 bits per heavy atom. The fourth-order valence-electron chi connectivity index (χ4n) is 5.85. The Morgan fingerprint density at radius 1 is 1.00 bits per heavy atom. The average Bonchev–Trinajstić information content (AvgIpc) is 3.29. The molecule has 0 aromatic heterocycles. The predicted molar refractivity (Wildman–Crippen MR) is 145 cm³/mol. The second kappa shape index (κ2) is 10.8. The molecule has 0 spiro atoms. The van der Waals surface area contributed by atoms with Crippen LogP contribution in [0.3, 0.4) is 0 Å². The van der Waals surface area contributed by atoms with E-state index in [1.54, 1.807) is 18.2 Å². The number of rotatable bonds is 7. The molecule has 3 aromatic rings. The Hall–Kier alpha value is -3.32. The monoisotopic (exact) mass is 540 g/mol. The number of hydrogen-bond acceptors (Lipinski definition) is 5. The largest absolute Gasteiger partial charge is 0.493 e. The van der Waals surface area contributed by atoms with E-state index in [0.29, 0.717) is 34.3 Å². The van der Waals surface area contributed by atoms with E-state index in [2.05, 4.69) is 10.6 Å². The smallest absolute Gasteiger partial charge is 0.337 e. The van der Waals surface area contributed by atoms with Crippen molar-refractivity contribution in [1.29, 1.82) is 0 Å². The number of methoxy groups -OCH3 is 1. The predicted octanol–water partition coefficient (Wildman–Crippen LogP) is 7.68. The number of aryl methyl sites for hydroxylation is 1. The molecule has 8 heteroatoms. The molecule has 1 aliphatic carbocycles. The summed E-state index contributed by atoms with van der Waals surface area (Å²) in [6.07, 6.45) is 5.45. The van der Waals surface area contributed by atoms with Crippen molar-refractivity contribution < 1.29 is 23.0 Å². The van der Waals surface area contributed by atoms with E-state index >= 15 is 0 Å². The maximum absolute atomic E-state index is 14.2. The molecule has 1 saturated carbocycles. The number of benzene rings is 3. The van der Waals surface area contributed by atoms with Gasteiger partial charge in [0, 0.05) is 23.1 Å². The number of hydrogen-bond donors (Lipinski definition) is 2. The van der Waals surface area contributed by atoms with Gasteiger partial charge in [0.2, 0.25) is 0 Å². The van der Waals surface area contributed by atoms with Crippen LogP contribution in [-0.2, 0) is 10.4 Å². The van der Waals surface area contributed by atoms with Crippen LogP contribution in [0, 0.1) is 30.4 Å². The minimum Gasteiger partial charge on any atom is -0.493 e. The zero-order valence-corrected chi connectivity index (χ0v) is 22.2. The van der Waals surface area contributed by atoms with Gasteiger partial charge in [-0.15, -0.1) is 0 Å². The molecule has 5 nitrogen and oxygen atoms in total. The van der Waals surface area contributed by atoms with Gasteiger partial charge in [-0.25, -0.2) is 13.6 Å². The quantitative estimate of drug-likeness (QED) is 0.301. The molecule has 0 saturated heterocycles. The van der Waals surface area contributed by atoms with Gasteiger partial charge in [0.15, 0.2) is 11.6 Å². The third-order valence-electron chi connectivity index (χ3n) is 7.81. The van der Waals surface area contributed by atoms with Gasteiger partial charge in [0.25, 0.3) is 0 Å². The first kappa shape index (κ1) is 26.3. The molecule has 0 amide bonds. The molecule has 1 fully saturated rings. The van der Waals surface area contributed by atoms with E-state index in [1.807, 2.05) is 31.2 Å². The van der Waals surface area contributed by atoms with Crippen LogP contribution in [0.2, 0.25) is 5.02 Å². The normalized spacial score (nSPS) is 17.2. The molecule has 1 unspecified atom stereocenters. The standard InChI is InChI=1S/C30H31ClF2N2O3/c1-18-14-20(29(36)37-2)8-13-28(18)38-17-23(19-6-4-3-5-7-19)30(21-9-11-22(31)12-10-21)34-26-15-24(32)25(33)16-27(26)35-30/h8-16,19,23,34-35H,3-7,17H2,1-2H3. The fourth-order valence-corrected chi connectivity index (χ4v) is 5.98. The first-order valence-corrected chi connectivity index (χ1v) is 13.3. The summed E-state index contributed by atoms with van der Waals surface area (Å²) in [5.74, 6) is -1.37. The molecule has 1 heterocycles. The van der Waals surface area contributed by atoms with Gasteiger partial charge in [-0.3, -0.25) is 0 Å². The number of anilines is 2. The van der Waals surface area contributed by atoms with Gasteiger partial charge >= 0.3 is 5.97 Å². The minimum atomic E-state index is -0.906. The molecular weight excluding hydrogens is 510 g/mol. The minimum absolute atomic E-state index is 0.109. The molecular formula is C30H31ClF2N2O3. The highest BCUT2D eigenvalue weighted by Crippen LogP contribution is 2.49. The Balaban J connectivity index is 1.54. The van der Waals surface area contributed by atoms with Crippen LogP contribution in [0.25, 0.3) is 0 Å². The van der Waals surface area contributed by atoms with Crippen molar-refractivity contribution in [3.05, 3.63) is 87.9 Å². The maximum atomic E-state index is 14.2. The van der Waals surface area contributed by atoms with Gasteiger partial charge in [0.1, 0.15) is 11.4 Å². The van der Waals surface area contributed by atoms with E-state index in [4.69, 9.17) is 21.1 Å². The van der Waals surface area contributed by atoms with Crippen molar-refractivity contribution in [1.82, 2.24) is 0 Å². The zero-order chi connectivity index (χ0) is 26.9. The lowest BCUT2D eigenvalue weighted by Crippen LogP contribution is -2.51. The lowest BCUT2D eigenvalue weighted by Gasteiger charge is -2.44. The van der Waals surface area contributed by atoms with Crippen LogP contribution in [0.1, 0.15) is 53.6 Å². The molecule has 200 valence electrons. The third kappa shape index (κ3) is 5.04. The van der Waals surface area contributed by atoms with Crippen molar-refractivity contribution in [3.63, 3.8) is 0 Å². The maximum Gasteiger partial charge on any atom is 0.337 e. The molecule has 2 N–H and O–H groups in total. The van der Waals surface area contributed by atoms with E-state index in [-0.39, 0.29) is 11.8 Å². The summed E-state index contributed by atoms with van der Waals surface area (Å²) < 4.78 is 39.8. The summed E-state index contributed by atoms with van der Waals surface area (Å²) in [7, 11) is 1.35. The Morgan fingerprint density at radius 3 is 2.21 bits per heavy atom. The number of carbonyl (C=O) groups is 1. The lowest BCUT2D eigenvalue weighted by molar-refractivity contribution is 0.0600. The topological polar surface area (TPSA) is 59.6 Å². The second-order valence-corrected chi connectivity index (χ2v) is 10.6. The Labute approximate surface area is 226 Å². The lowest BCUT2D eigenvalue weighted by atomic mass is 9.72. The van der Waals surface area contributed by atoms with E-state index in [9.17, 15) is 13.6 Å². The SMILES string of the molecule is COC(=O)c1ccc(OCC(C2CCCCC2)C2(c3ccc(Cl)cc3)Nc3cc(F)c(F)cc3N2)c(C)c1. The third-order valence-corrected chi connectivity index (χ3v) is 8.07. The van der Waals surface area contributed by atoms with Crippen molar-refractivity contribution >= 4 is 28.9 Å². The molecule has 1 aliphatic heterocycles. The first-order valence-electron chi connectivity index (χ1n) is 12.9. The van der Waals surface area contributed by atoms with Gasteiger partial charge in [-0.05, 0) is 67.1 Å². The van der Waals surface area contributed by atoms with Crippen LogP contribution in [0.15, 0.2) is 54.6 Å². The summed E-state index contributed by atoms with van der Waals surface area (Å²) in [5.41, 5.74) is 2.29. The van der Waals surface area contributed by atoms with Crippen molar-refractivity contribution in [2.75, 3.05) is 24.4 Å². The highest BCUT2D eigenvalue weighted by molar-refractivity contribution is 6.30. The van der Waals surface area contributed by atoms with Crippen LogP contribution >= 0.6 is 11.6 Å². The van der Waals surface area contributed by atoms with Crippen LogP contribution in [0.5, 0.6) is 5.75 Å². The number of carbonyl (C=O) groups excluding carboxylic acids is 1. The summed E-state index contributed by atoms with van der Waals surface area (Å²) in [6.45, 7) is 2.23. The van der Waals surface area contributed by atoms with Crippen LogP contribution in [0.4, 0.5) is 20.2 Å². The van der Waals surface area contributed by atoms with Gasteiger partial charge in [0.05, 0.1) is 30.7 Å². The number of ether oxygens (including phenoxy) is 2. The highest BCUT2D eigenvalue weighted by atomic mass is 35.5. The summed E-state index contributed by atoms with van der Waals surface area (Å²) >= 11 is 6.23. The first-order chi connectivity index (χ1) is 18.3. The van der Waals surface area contributed by atoms with Crippen molar-refractivity contribution in [3.8, 4) is 5.75 Å². The molecule has 38 heavy (non-hydrogen) atoms. The Kier molecular flexibility index (Phi) is 7.48. The van der Waals surface area contributed by atoms with Crippen molar-refractivity contribution in [2.24, 2.45) is 11.8 Å². The van der Waals surface area contributed by atoms with Crippen LogP contribution < -0.4 is 15.4 Å². The second-order valence-electron chi connectivity index (χ2n) is 10.2. The van der Waals surface area contributed by atoms with E-state index in [0.717, 1.165) is 36.8 Å². The number of halogens is 3. The zero-order valence-electron chi connectivity index (χ0n) is 21.5. The number of fused-ring (bicyclic) bond motifs is 1. The summed E-state index contributed by atoms with van der Waals surface area (Å²) in [4.78, 5) is 12.0. The van der Waals surface area contributed by atoms with Gasteiger partial charge in [-0.2, -0.15) is 0 Å². The summed E-state index contributed by atoms with van der Waals surface area (Å²) in [5, 5.41) is 7.66. The van der Waals surface area contributed by atoms with Crippen LogP contribution in [-0.4, -0.2) is 19.7 Å². The number of nitrogens with one attached hydrogen (secondary N) is 2. The highest BCUT2D eigenvalue weighted by Gasteiger charge is 2.49. The van der Waals surface area contributed by atoms with E-state index in [1.165, 1.54) is 25.7 Å². The fraction of sp³-hybridized carbons (Fsp3) is 0.367. The molecule has 2 aliphatic rings. The Bertz CT molecular complexity index is 1290. The van der Waals surface area contributed by atoms with Gasteiger partial charge < -0.3 is 20.1 Å². The summed E-state index contributed by atoms with van der Waals surface area (Å²) in [6, 6.07) is 15.1. The molecule has 0 radical (unpaired) electrons. The van der Waals surface area contributed by atoms with Crippen molar-refractivity contribution in [2.45, 2.75) is 44.7 Å². The molecule has 5 rings (SSSR count). The van der Waals surface area contributed by atoms with E-state index < -0.39 is 23.3 Å². The number of esters is 1. The molecule has 3 aromatic carbocycles. The molecule has 0 bridgehead atoms.